The summed E-state index contributed by atoms with van der Waals surface area (Å²) in [5, 5.41) is 0. The number of hydrogen-bond acceptors (Lipinski definition) is 2. The smallest absolute Gasteiger partial charge is 0.266 e. The van der Waals surface area contributed by atoms with Crippen molar-refractivity contribution in [2.24, 2.45) is 0 Å². The molecule has 9 rings (SSSR count). The van der Waals surface area contributed by atoms with E-state index in [2.05, 4.69) is 105 Å². The topological polar surface area (TPSA) is 37.4 Å². The van der Waals surface area contributed by atoms with E-state index >= 15 is 0 Å². The average molecular weight is 644 g/mol. The summed E-state index contributed by atoms with van der Waals surface area (Å²) in [4.78, 5) is 30.4. The predicted molar refractivity (Wildman–Crippen MR) is 203 cm³/mol. The van der Waals surface area contributed by atoms with Crippen molar-refractivity contribution in [3.63, 3.8) is 0 Å². The lowest BCUT2D eigenvalue weighted by Crippen LogP contribution is -2.29. The normalized spacial score (nSPS) is 13.4. The number of carbonyl (C=O) groups excluding carboxylic acids is 2. The lowest BCUT2D eigenvalue weighted by molar-refractivity contribution is 0.0926. The van der Waals surface area contributed by atoms with Crippen molar-refractivity contribution in [1.82, 2.24) is 0 Å². The van der Waals surface area contributed by atoms with Crippen LogP contribution in [0.1, 0.15) is 54.5 Å². The molecule has 0 spiro atoms. The zero-order valence-electron chi connectivity index (χ0n) is 27.9. The van der Waals surface area contributed by atoms with Crippen molar-refractivity contribution >= 4 is 17.5 Å². The van der Waals surface area contributed by atoms with Gasteiger partial charge >= 0.3 is 0 Å². The lowest BCUT2D eigenvalue weighted by atomic mass is 9.79. The SMILES string of the molecule is Cc1ccccc1-c1cccc2c1C(c1cccc3c1C(=O)N(c1cccc(-c4ccccc4)c1)C3=O)c1c(-c3ccccc3C)cccc1-2. The van der Waals surface area contributed by atoms with Gasteiger partial charge in [-0.15, -0.1) is 0 Å². The van der Waals surface area contributed by atoms with Gasteiger partial charge in [-0.05, 0) is 104 Å². The van der Waals surface area contributed by atoms with E-state index in [1.165, 1.54) is 16.0 Å². The molecular formula is C47H33NO2. The summed E-state index contributed by atoms with van der Waals surface area (Å²) < 4.78 is 0. The second kappa shape index (κ2) is 11.7. The number of anilines is 1. The van der Waals surface area contributed by atoms with E-state index in [4.69, 9.17) is 0 Å². The van der Waals surface area contributed by atoms with E-state index in [0.717, 1.165) is 61.2 Å². The van der Waals surface area contributed by atoms with Crippen LogP contribution < -0.4 is 4.90 Å². The van der Waals surface area contributed by atoms with Crippen LogP contribution in [0.25, 0.3) is 44.5 Å². The molecule has 238 valence electrons. The number of fused-ring (bicyclic) bond motifs is 4. The summed E-state index contributed by atoms with van der Waals surface area (Å²) in [5.41, 5.74) is 15.9. The van der Waals surface area contributed by atoms with Crippen LogP contribution in [-0.4, -0.2) is 11.8 Å². The summed E-state index contributed by atoms with van der Waals surface area (Å²) in [6.45, 7) is 4.29. The molecule has 0 fully saturated rings. The second-order valence-electron chi connectivity index (χ2n) is 13.2. The van der Waals surface area contributed by atoms with Crippen LogP contribution in [0.5, 0.6) is 0 Å². The molecule has 50 heavy (non-hydrogen) atoms. The van der Waals surface area contributed by atoms with Crippen LogP contribution in [0, 0.1) is 13.8 Å². The molecule has 1 aliphatic heterocycles. The fourth-order valence-electron chi connectivity index (χ4n) is 8.14. The highest BCUT2D eigenvalue weighted by Gasteiger charge is 2.43. The molecule has 0 N–H and O–H groups in total. The largest absolute Gasteiger partial charge is 0.268 e. The third kappa shape index (κ3) is 4.51. The second-order valence-corrected chi connectivity index (χ2v) is 13.2. The van der Waals surface area contributed by atoms with Gasteiger partial charge in [0, 0.05) is 5.92 Å². The molecule has 0 unspecified atom stereocenters. The maximum Gasteiger partial charge on any atom is 0.266 e. The van der Waals surface area contributed by atoms with Gasteiger partial charge in [-0.25, -0.2) is 4.90 Å². The van der Waals surface area contributed by atoms with E-state index < -0.39 is 0 Å². The third-order valence-corrected chi connectivity index (χ3v) is 10.4. The molecule has 3 nitrogen and oxygen atoms in total. The molecule has 7 aromatic carbocycles. The van der Waals surface area contributed by atoms with Gasteiger partial charge in [0.2, 0.25) is 0 Å². The first-order valence-electron chi connectivity index (χ1n) is 17.1. The zero-order chi connectivity index (χ0) is 33.9. The van der Waals surface area contributed by atoms with Crippen molar-refractivity contribution in [2.45, 2.75) is 19.8 Å². The Labute approximate surface area is 292 Å². The molecule has 0 aromatic heterocycles. The van der Waals surface area contributed by atoms with E-state index in [0.29, 0.717) is 16.8 Å². The highest BCUT2D eigenvalue weighted by atomic mass is 16.2. The maximum absolute atomic E-state index is 14.8. The van der Waals surface area contributed by atoms with E-state index in [-0.39, 0.29) is 17.7 Å². The highest BCUT2D eigenvalue weighted by Crippen LogP contribution is 2.56. The number of benzene rings is 7. The van der Waals surface area contributed by atoms with Crippen LogP contribution >= 0.6 is 0 Å². The van der Waals surface area contributed by atoms with Crippen LogP contribution in [0.2, 0.25) is 0 Å². The Morgan fingerprint density at radius 2 is 0.880 bits per heavy atom. The molecule has 7 aromatic rings. The molecular weight excluding hydrogens is 611 g/mol. The zero-order valence-corrected chi connectivity index (χ0v) is 27.9. The summed E-state index contributed by atoms with van der Waals surface area (Å²) in [5.74, 6) is -0.869. The molecule has 1 heterocycles. The van der Waals surface area contributed by atoms with Gasteiger partial charge in [0.1, 0.15) is 0 Å². The Hall–Kier alpha value is -6.32. The molecule has 2 amide bonds. The first-order chi connectivity index (χ1) is 24.5. The fourth-order valence-corrected chi connectivity index (χ4v) is 8.14. The van der Waals surface area contributed by atoms with Gasteiger partial charge in [-0.2, -0.15) is 0 Å². The molecule has 0 bridgehead atoms. The van der Waals surface area contributed by atoms with Gasteiger partial charge < -0.3 is 0 Å². The molecule has 2 aliphatic rings. The summed E-state index contributed by atoms with van der Waals surface area (Å²) in [6, 6.07) is 53.6. The van der Waals surface area contributed by atoms with Crippen molar-refractivity contribution in [3.05, 3.63) is 197 Å². The number of hydrogen-bond donors (Lipinski definition) is 0. The van der Waals surface area contributed by atoms with Gasteiger partial charge in [0.05, 0.1) is 16.8 Å². The summed E-state index contributed by atoms with van der Waals surface area (Å²) >= 11 is 0. The number of aryl methyl sites for hydroxylation is 2. The number of nitrogens with zero attached hydrogens (tertiary/aromatic N) is 1. The Bertz CT molecular complexity index is 2420. The van der Waals surface area contributed by atoms with Gasteiger partial charge in [0.25, 0.3) is 11.8 Å². The monoisotopic (exact) mass is 643 g/mol. The van der Waals surface area contributed by atoms with E-state index in [1.807, 2.05) is 60.7 Å². The molecule has 0 radical (unpaired) electrons. The first kappa shape index (κ1) is 29.8. The maximum atomic E-state index is 14.8. The predicted octanol–water partition coefficient (Wildman–Crippen LogP) is 11.3. The van der Waals surface area contributed by atoms with Gasteiger partial charge in [-0.3, -0.25) is 9.59 Å². The fraction of sp³-hybridized carbons (Fsp3) is 0.0638. The van der Waals surface area contributed by atoms with Gasteiger partial charge in [0.15, 0.2) is 0 Å². The number of amides is 2. The molecule has 0 saturated carbocycles. The molecule has 3 heteroatoms. The van der Waals surface area contributed by atoms with Crippen LogP contribution in [0.3, 0.4) is 0 Å². The minimum Gasteiger partial charge on any atom is -0.268 e. The highest BCUT2D eigenvalue weighted by molar-refractivity contribution is 6.35. The van der Waals surface area contributed by atoms with Gasteiger partial charge in [-0.1, -0.05) is 140 Å². The van der Waals surface area contributed by atoms with Crippen molar-refractivity contribution in [3.8, 4) is 44.5 Å². The molecule has 0 saturated heterocycles. The van der Waals surface area contributed by atoms with Crippen LogP contribution in [0.15, 0.2) is 158 Å². The molecule has 0 atom stereocenters. The average Bonchev–Trinajstić information content (AvgIpc) is 3.63. The standard InChI is InChI=1S/C47H33NO2/c1-29-14-6-8-20-34(29)36-22-11-24-38-39-25-12-23-37(35-21-9-7-15-30(35)2)43(39)45(42(36)38)40-26-13-27-41-44(40)47(50)48(46(41)49)33-19-10-18-32(28-33)31-16-4-3-5-17-31/h3-28,45H,1-2H3. The Morgan fingerprint density at radius 1 is 0.420 bits per heavy atom. The Kier molecular flexibility index (Phi) is 6.96. The van der Waals surface area contributed by atoms with Crippen LogP contribution in [-0.2, 0) is 0 Å². The first-order valence-corrected chi connectivity index (χ1v) is 17.1. The Morgan fingerprint density at radius 3 is 1.48 bits per heavy atom. The van der Waals surface area contributed by atoms with E-state index in [9.17, 15) is 9.59 Å². The van der Waals surface area contributed by atoms with Crippen LogP contribution in [0.4, 0.5) is 5.69 Å². The van der Waals surface area contributed by atoms with Crippen molar-refractivity contribution in [2.75, 3.05) is 4.90 Å². The minimum absolute atomic E-state index is 0.283. The lowest BCUT2D eigenvalue weighted by Gasteiger charge is -2.23. The Balaban J connectivity index is 1.28. The summed E-state index contributed by atoms with van der Waals surface area (Å²) in [6.07, 6.45) is 0. The minimum atomic E-state index is -0.296. The number of carbonyl (C=O) groups is 2. The van der Waals surface area contributed by atoms with E-state index in [1.54, 1.807) is 6.07 Å². The third-order valence-electron chi connectivity index (χ3n) is 10.4. The number of rotatable bonds is 5. The van der Waals surface area contributed by atoms with Crippen molar-refractivity contribution < 1.29 is 9.59 Å². The summed E-state index contributed by atoms with van der Waals surface area (Å²) in [7, 11) is 0. The molecule has 1 aliphatic carbocycles. The quantitative estimate of drug-likeness (QED) is 0.175. The van der Waals surface area contributed by atoms with Crippen molar-refractivity contribution in [1.29, 1.82) is 0 Å². The number of imide groups is 1.